The number of hydrogen-bond donors (Lipinski definition) is 2. The molecule has 3 rings (SSSR count). The predicted octanol–water partition coefficient (Wildman–Crippen LogP) is 4.02. The molecular weight excluding hydrogens is 498 g/mol. The number of carboxylic acid groups (broad SMARTS) is 1. The van der Waals surface area contributed by atoms with Gasteiger partial charge in [-0.2, -0.15) is 0 Å². The third-order valence-corrected chi connectivity index (χ3v) is 7.20. The number of nitrogens with zero attached hydrogens (tertiary/aromatic N) is 2. The molecule has 0 spiro atoms. The Balaban J connectivity index is 1.47. The number of carboxylic acids is 1. The number of amides is 3. The lowest BCUT2D eigenvalue weighted by molar-refractivity contribution is -0.138. The fraction of sp³-hybridized carbons (Fsp3) is 0.600. The van der Waals surface area contributed by atoms with Crippen LogP contribution in [0.25, 0.3) is 0 Å². The van der Waals surface area contributed by atoms with Gasteiger partial charge in [-0.15, -0.1) is 0 Å². The minimum Gasteiger partial charge on any atom is -0.481 e. The molecule has 3 amide bonds. The van der Waals surface area contributed by atoms with E-state index < -0.39 is 17.6 Å². The minimum atomic E-state index is -0.948. The summed E-state index contributed by atoms with van der Waals surface area (Å²) >= 11 is 0. The molecule has 2 aliphatic heterocycles. The number of carbonyl (C=O) groups is 4. The Kier molecular flexibility index (Phi) is 10.9. The second-order valence-corrected chi connectivity index (χ2v) is 11.6. The number of allylic oxidation sites excluding steroid dienone is 1. The molecule has 2 atom stereocenters. The van der Waals surface area contributed by atoms with E-state index in [0.717, 1.165) is 24.8 Å². The first-order valence-corrected chi connectivity index (χ1v) is 14.0. The number of benzene rings is 1. The zero-order chi connectivity index (χ0) is 28.4. The molecule has 39 heavy (non-hydrogen) atoms. The molecule has 214 valence electrons. The number of hydrogen-bond acceptors (Lipinski definition) is 5. The van der Waals surface area contributed by atoms with Crippen LogP contribution in [-0.2, 0) is 25.5 Å². The highest BCUT2D eigenvalue weighted by Gasteiger charge is 2.30. The van der Waals surface area contributed by atoms with Crippen LogP contribution < -0.4 is 5.32 Å². The van der Waals surface area contributed by atoms with Gasteiger partial charge in [0.15, 0.2) is 0 Å². The number of aryl methyl sites for hydroxylation is 1. The third-order valence-electron chi connectivity index (χ3n) is 7.20. The zero-order valence-corrected chi connectivity index (χ0v) is 23.4. The van der Waals surface area contributed by atoms with Crippen LogP contribution in [0.3, 0.4) is 0 Å². The molecule has 0 radical (unpaired) electrons. The lowest BCUT2D eigenvalue weighted by Crippen LogP contribution is -2.47. The third kappa shape index (κ3) is 10.4. The van der Waals surface area contributed by atoms with E-state index in [4.69, 9.17) is 4.74 Å². The van der Waals surface area contributed by atoms with Crippen molar-refractivity contribution in [2.75, 3.05) is 26.2 Å². The normalized spacial score (nSPS) is 19.5. The van der Waals surface area contributed by atoms with Crippen molar-refractivity contribution in [3.8, 4) is 0 Å². The second-order valence-electron chi connectivity index (χ2n) is 11.6. The summed E-state index contributed by atoms with van der Waals surface area (Å²) in [5.41, 5.74) is 0.571. The summed E-state index contributed by atoms with van der Waals surface area (Å²) in [5, 5.41) is 12.3. The van der Waals surface area contributed by atoms with E-state index in [1.54, 1.807) is 15.9 Å². The first-order chi connectivity index (χ1) is 18.5. The maximum Gasteiger partial charge on any atom is 0.410 e. The smallest absolute Gasteiger partial charge is 0.410 e. The van der Waals surface area contributed by atoms with Gasteiger partial charge in [0.25, 0.3) is 0 Å². The van der Waals surface area contributed by atoms with Gasteiger partial charge < -0.3 is 25.0 Å². The van der Waals surface area contributed by atoms with Crippen molar-refractivity contribution < 1.29 is 29.0 Å². The molecule has 0 aliphatic carbocycles. The van der Waals surface area contributed by atoms with Gasteiger partial charge in [0.1, 0.15) is 5.60 Å². The molecule has 0 aromatic heterocycles. The highest BCUT2D eigenvalue weighted by Crippen LogP contribution is 2.22. The average molecular weight is 542 g/mol. The summed E-state index contributed by atoms with van der Waals surface area (Å²) in [6.45, 7) is 7.64. The van der Waals surface area contributed by atoms with Crippen molar-refractivity contribution in [3.63, 3.8) is 0 Å². The number of aliphatic carboxylic acids is 1. The Morgan fingerprint density at radius 3 is 2.38 bits per heavy atom. The molecule has 2 aliphatic rings. The molecule has 1 aromatic rings. The van der Waals surface area contributed by atoms with Gasteiger partial charge in [-0.05, 0) is 76.9 Å². The van der Waals surface area contributed by atoms with Crippen LogP contribution in [-0.4, -0.2) is 76.6 Å². The van der Waals surface area contributed by atoms with Crippen LogP contribution in [0.5, 0.6) is 0 Å². The molecule has 2 N–H and O–H groups in total. The monoisotopic (exact) mass is 541 g/mol. The Morgan fingerprint density at radius 1 is 1.05 bits per heavy atom. The summed E-state index contributed by atoms with van der Waals surface area (Å²) < 4.78 is 5.44. The van der Waals surface area contributed by atoms with Crippen LogP contribution in [0.15, 0.2) is 42.5 Å². The molecular formula is C30H43N3O6. The predicted molar refractivity (Wildman–Crippen MR) is 148 cm³/mol. The van der Waals surface area contributed by atoms with Crippen molar-refractivity contribution in [1.29, 1.82) is 0 Å². The Hall–Kier alpha value is -3.36. The quantitative estimate of drug-likeness (QED) is 0.456. The standard InChI is InChI=1S/C30H43N3O6/c1-30(2,3)39-29(38)32-18-15-23(16-19-32)12-14-26(34)33-17-7-10-24(21-33)28(37)31-25(20-27(35)36)13-11-22-8-5-4-6-9-22/h4-6,8-9,12,14,23-25H,7,10-11,13,15-21H2,1-3H3,(H,31,37)(H,35,36)/b14-12+/t24-,25-/m1/s1. The highest BCUT2D eigenvalue weighted by molar-refractivity contribution is 5.88. The Labute approximate surface area is 231 Å². The fourth-order valence-electron chi connectivity index (χ4n) is 5.06. The zero-order valence-electron chi connectivity index (χ0n) is 23.4. The summed E-state index contributed by atoms with van der Waals surface area (Å²) in [4.78, 5) is 53.0. The van der Waals surface area contributed by atoms with Gasteiger partial charge >= 0.3 is 12.1 Å². The number of nitrogens with one attached hydrogen (secondary N) is 1. The highest BCUT2D eigenvalue weighted by atomic mass is 16.6. The lowest BCUT2D eigenvalue weighted by Gasteiger charge is -2.33. The van der Waals surface area contributed by atoms with Crippen molar-refractivity contribution >= 4 is 23.9 Å². The van der Waals surface area contributed by atoms with E-state index in [9.17, 15) is 24.3 Å². The van der Waals surface area contributed by atoms with E-state index >= 15 is 0 Å². The largest absolute Gasteiger partial charge is 0.481 e. The Bertz CT molecular complexity index is 1010. The van der Waals surface area contributed by atoms with Gasteiger partial charge in [-0.3, -0.25) is 14.4 Å². The van der Waals surface area contributed by atoms with Gasteiger partial charge in [-0.25, -0.2) is 4.79 Å². The van der Waals surface area contributed by atoms with Gasteiger partial charge in [-0.1, -0.05) is 36.4 Å². The molecule has 9 heteroatoms. The second kappa shape index (κ2) is 14.1. The maximum absolute atomic E-state index is 13.0. The topological polar surface area (TPSA) is 116 Å². The Morgan fingerprint density at radius 2 is 1.74 bits per heavy atom. The van der Waals surface area contributed by atoms with Crippen LogP contribution in [0.4, 0.5) is 4.79 Å². The number of piperidine rings is 2. The maximum atomic E-state index is 13.0. The van der Waals surface area contributed by atoms with Gasteiger partial charge in [0.2, 0.25) is 11.8 Å². The first-order valence-electron chi connectivity index (χ1n) is 14.0. The summed E-state index contributed by atoms with van der Waals surface area (Å²) in [5.74, 6) is -1.41. The molecule has 9 nitrogen and oxygen atoms in total. The van der Waals surface area contributed by atoms with Gasteiger partial charge in [0, 0.05) is 32.2 Å². The summed E-state index contributed by atoms with van der Waals surface area (Å²) in [6, 6.07) is 9.32. The number of rotatable bonds is 9. The van der Waals surface area contributed by atoms with E-state index in [2.05, 4.69) is 5.32 Å². The van der Waals surface area contributed by atoms with E-state index in [0.29, 0.717) is 45.4 Å². The number of ether oxygens (including phenoxy) is 1. The SMILES string of the molecule is CC(C)(C)OC(=O)N1CCC(/C=C/C(=O)N2CCC[C@@H](C(=O)N[C@H](CCc3ccccc3)CC(=O)O)C2)CC1. The van der Waals surface area contributed by atoms with Gasteiger partial charge in [0.05, 0.1) is 12.3 Å². The van der Waals surface area contributed by atoms with E-state index in [-0.39, 0.29) is 36.2 Å². The molecule has 2 saturated heterocycles. The summed E-state index contributed by atoms with van der Waals surface area (Å²) in [7, 11) is 0. The van der Waals surface area contributed by atoms with Crippen LogP contribution in [0.2, 0.25) is 0 Å². The first kappa shape index (κ1) is 30.2. The number of likely N-dealkylation sites (tertiary alicyclic amines) is 2. The van der Waals surface area contributed by atoms with E-state index in [1.807, 2.05) is 57.2 Å². The van der Waals surface area contributed by atoms with Crippen LogP contribution in [0.1, 0.15) is 64.9 Å². The van der Waals surface area contributed by atoms with E-state index in [1.165, 1.54) is 0 Å². The fourth-order valence-corrected chi connectivity index (χ4v) is 5.06. The summed E-state index contributed by atoms with van der Waals surface area (Å²) in [6.07, 6.45) is 7.22. The van der Waals surface area contributed by atoms with Crippen LogP contribution in [0, 0.1) is 11.8 Å². The molecule has 2 heterocycles. The molecule has 0 bridgehead atoms. The molecule has 0 unspecified atom stereocenters. The van der Waals surface area contributed by atoms with Crippen molar-refractivity contribution in [1.82, 2.24) is 15.1 Å². The minimum absolute atomic E-state index is 0.117. The lowest BCUT2D eigenvalue weighted by atomic mass is 9.95. The average Bonchev–Trinajstić information content (AvgIpc) is 2.90. The molecule has 1 aromatic carbocycles. The van der Waals surface area contributed by atoms with Crippen LogP contribution >= 0.6 is 0 Å². The van der Waals surface area contributed by atoms with Crippen molar-refractivity contribution in [3.05, 3.63) is 48.0 Å². The molecule has 2 fully saturated rings. The van der Waals surface area contributed by atoms with Crippen molar-refractivity contribution in [2.45, 2.75) is 77.4 Å². The molecule has 0 saturated carbocycles. The number of carbonyl (C=O) groups excluding carboxylic acids is 3. The van der Waals surface area contributed by atoms with Crippen molar-refractivity contribution in [2.24, 2.45) is 11.8 Å².